The summed E-state index contributed by atoms with van der Waals surface area (Å²) in [5.74, 6) is -0.112. The molecule has 0 spiro atoms. The summed E-state index contributed by atoms with van der Waals surface area (Å²) in [6.07, 6.45) is 4.52. The average molecular weight is 284 g/mol. The van der Waals surface area contributed by atoms with E-state index in [4.69, 9.17) is 5.73 Å². The lowest BCUT2D eigenvalue weighted by Crippen LogP contribution is -2.31. The summed E-state index contributed by atoms with van der Waals surface area (Å²) in [7, 11) is -3.82. The number of sulfonamides is 1. The van der Waals surface area contributed by atoms with Gasteiger partial charge in [-0.1, -0.05) is 0 Å². The number of hydrogen-bond acceptors (Lipinski definition) is 3. The van der Waals surface area contributed by atoms with Crippen LogP contribution in [0.1, 0.15) is 25.7 Å². The van der Waals surface area contributed by atoms with E-state index in [1.54, 1.807) is 0 Å². The molecule has 0 radical (unpaired) electrons. The zero-order valence-electron chi connectivity index (χ0n) is 10.5. The van der Waals surface area contributed by atoms with E-state index in [1.165, 1.54) is 18.9 Å². The van der Waals surface area contributed by atoms with Crippen molar-refractivity contribution in [1.29, 1.82) is 0 Å². The Labute approximate surface area is 112 Å². The SMILES string of the molecule is Nc1ccc(F)c(S(=O)(=O)NCC2(C3CC3)CC2)c1. The van der Waals surface area contributed by atoms with Crippen molar-refractivity contribution >= 4 is 15.7 Å². The summed E-state index contributed by atoms with van der Waals surface area (Å²) >= 11 is 0. The van der Waals surface area contributed by atoms with Gasteiger partial charge >= 0.3 is 0 Å². The monoisotopic (exact) mass is 284 g/mol. The molecule has 0 saturated heterocycles. The topological polar surface area (TPSA) is 72.2 Å². The van der Waals surface area contributed by atoms with Crippen molar-refractivity contribution in [2.45, 2.75) is 30.6 Å². The lowest BCUT2D eigenvalue weighted by Gasteiger charge is -2.15. The number of halogens is 1. The van der Waals surface area contributed by atoms with Gasteiger partial charge in [0.2, 0.25) is 10.0 Å². The van der Waals surface area contributed by atoms with Crippen LogP contribution in [0.3, 0.4) is 0 Å². The number of rotatable bonds is 5. The van der Waals surface area contributed by atoms with Gasteiger partial charge in [0.15, 0.2) is 0 Å². The number of nitrogens with one attached hydrogen (secondary N) is 1. The van der Waals surface area contributed by atoms with Crippen LogP contribution in [0.2, 0.25) is 0 Å². The van der Waals surface area contributed by atoms with Gasteiger partial charge in [0.1, 0.15) is 10.7 Å². The third kappa shape index (κ3) is 2.47. The molecular weight excluding hydrogens is 267 g/mol. The molecule has 3 N–H and O–H groups in total. The van der Waals surface area contributed by atoms with Gasteiger partial charge in [-0.3, -0.25) is 0 Å². The maximum Gasteiger partial charge on any atom is 0.243 e. The second-order valence-corrected chi connectivity index (χ2v) is 7.39. The molecule has 1 aromatic rings. The van der Waals surface area contributed by atoms with Gasteiger partial charge in [-0.2, -0.15) is 0 Å². The molecule has 4 nitrogen and oxygen atoms in total. The van der Waals surface area contributed by atoms with E-state index in [-0.39, 0.29) is 16.0 Å². The predicted molar refractivity (Wildman–Crippen MR) is 70.4 cm³/mol. The van der Waals surface area contributed by atoms with E-state index in [0.717, 1.165) is 25.0 Å². The first-order valence-electron chi connectivity index (χ1n) is 6.48. The standard InChI is InChI=1S/C13H17FN2O2S/c14-11-4-3-10(15)7-12(11)19(17,18)16-8-13(5-6-13)9-1-2-9/h3-4,7,9,16H,1-2,5-6,8,15H2. The maximum absolute atomic E-state index is 13.6. The fourth-order valence-electron chi connectivity index (χ4n) is 2.63. The number of anilines is 1. The van der Waals surface area contributed by atoms with E-state index in [9.17, 15) is 12.8 Å². The highest BCUT2D eigenvalue weighted by Crippen LogP contribution is 2.60. The van der Waals surface area contributed by atoms with Gasteiger partial charge in [-0.25, -0.2) is 17.5 Å². The Morgan fingerprint density at radius 2 is 2.05 bits per heavy atom. The first kappa shape index (κ1) is 12.9. The second-order valence-electron chi connectivity index (χ2n) is 5.65. The number of hydrogen-bond donors (Lipinski definition) is 2. The molecule has 3 rings (SSSR count). The molecule has 0 heterocycles. The normalized spacial score (nSPS) is 21.3. The summed E-state index contributed by atoms with van der Waals surface area (Å²) in [6.45, 7) is 0.411. The number of nitrogens with two attached hydrogens (primary N) is 1. The molecule has 2 aliphatic carbocycles. The minimum atomic E-state index is -3.82. The molecule has 2 saturated carbocycles. The van der Waals surface area contributed by atoms with E-state index in [2.05, 4.69) is 4.72 Å². The molecule has 0 unspecified atom stereocenters. The van der Waals surface area contributed by atoms with Crippen LogP contribution < -0.4 is 10.5 Å². The minimum Gasteiger partial charge on any atom is -0.399 e. The summed E-state index contributed by atoms with van der Waals surface area (Å²) < 4.78 is 40.4. The summed E-state index contributed by atoms with van der Waals surface area (Å²) in [4.78, 5) is -0.362. The van der Waals surface area contributed by atoms with E-state index in [0.29, 0.717) is 12.5 Å². The molecule has 104 valence electrons. The predicted octanol–water partition coefficient (Wildman–Crippen LogP) is 1.88. The van der Waals surface area contributed by atoms with Crippen LogP contribution in [-0.4, -0.2) is 15.0 Å². The summed E-state index contributed by atoms with van der Waals surface area (Å²) in [6, 6.07) is 3.59. The second kappa shape index (κ2) is 4.18. The van der Waals surface area contributed by atoms with Gasteiger partial charge in [0, 0.05) is 12.2 Å². The lowest BCUT2D eigenvalue weighted by atomic mass is 10.0. The van der Waals surface area contributed by atoms with Crippen LogP contribution in [0.5, 0.6) is 0 Å². The highest BCUT2D eigenvalue weighted by atomic mass is 32.2. The molecule has 19 heavy (non-hydrogen) atoms. The molecule has 0 atom stereocenters. The van der Waals surface area contributed by atoms with Crippen LogP contribution in [0.4, 0.5) is 10.1 Å². The Kier molecular flexibility index (Phi) is 2.83. The number of nitrogen functional groups attached to an aromatic ring is 1. The van der Waals surface area contributed by atoms with Gasteiger partial charge in [-0.05, 0) is 55.2 Å². The van der Waals surface area contributed by atoms with Gasteiger partial charge in [0.05, 0.1) is 0 Å². The number of benzene rings is 1. The largest absolute Gasteiger partial charge is 0.399 e. The Morgan fingerprint density at radius 3 is 2.63 bits per heavy atom. The highest BCUT2D eigenvalue weighted by molar-refractivity contribution is 7.89. The van der Waals surface area contributed by atoms with Crippen LogP contribution in [0.25, 0.3) is 0 Å². The van der Waals surface area contributed by atoms with E-state index in [1.807, 2.05) is 0 Å². The molecule has 0 bridgehead atoms. The van der Waals surface area contributed by atoms with Crippen molar-refractivity contribution < 1.29 is 12.8 Å². The van der Waals surface area contributed by atoms with E-state index >= 15 is 0 Å². The summed E-state index contributed by atoms with van der Waals surface area (Å²) in [5, 5.41) is 0. The fraction of sp³-hybridized carbons (Fsp3) is 0.538. The zero-order chi connectivity index (χ0) is 13.7. The maximum atomic E-state index is 13.6. The first-order valence-corrected chi connectivity index (χ1v) is 7.96. The van der Waals surface area contributed by atoms with Crippen LogP contribution >= 0.6 is 0 Å². The van der Waals surface area contributed by atoms with Crippen molar-refractivity contribution in [3.05, 3.63) is 24.0 Å². The zero-order valence-corrected chi connectivity index (χ0v) is 11.3. The molecule has 1 aromatic carbocycles. The minimum absolute atomic E-state index is 0.143. The van der Waals surface area contributed by atoms with Gasteiger partial charge in [0.25, 0.3) is 0 Å². The smallest absolute Gasteiger partial charge is 0.243 e. The summed E-state index contributed by atoms with van der Waals surface area (Å²) in [5.41, 5.74) is 5.90. The quantitative estimate of drug-likeness (QED) is 0.811. The average Bonchev–Trinajstić information content (AvgIpc) is 3.22. The Balaban J connectivity index is 1.77. The van der Waals surface area contributed by atoms with Crippen molar-refractivity contribution in [2.75, 3.05) is 12.3 Å². The lowest BCUT2D eigenvalue weighted by molar-refractivity contribution is 0.431. The molecule has 2 aliphatic rings. The van der Waals surface area contributed by atoms with Crippen LogP contribution in [0.15, 0.2) is 23.1 Å². The van der Waals surface area contributed by atoms with Gasteiger partial charge in [-0.15, -0.1) is 0 Å². The molecule has 2 fully saturated rings. The van der Waals surface area contributed by atoms with Crippen LogP contribution in [-0.2, 0) is 10.0 Å². The van der Waals surface area contributed by atoms with Crippen molar-refractivity contribution in [2.24, 2.45) is 11.3 Å². The molecule has 0 aliphatic heterocycles. The Bertz CT molecular complexity index is 607. The highest BCUT2D eigenvalue weighted by Gasteiger charge is 2.53. The Morgan fingerprint density at radius 1 is 1.37 bits per heavy atom. The molecular formula is C13H17FN2O2S. The van der Waals surface area contributed by atoms with Crippen molar-refractivity contribution in [3.8, 4) is 0 Å². The van der Waals surface area contributed by atoms with Gasteiger partial charge < -0.3 is 5.73 Å². The van der Waals surface area contributed by atoms with Crippen molar-refractivity contribution in [3.63, 3.8) is 0 Å². The third-order valence-electron chi connectivity index (χ3n) is 4.19. The van der Waals surface area contributed by atoms with Crippen molar-refractivity contribution in [1.82, 2.24) is 4.72 Å². The third-order valence-corrected chi connectivity index (χ3v) is 5.61. The Hall–Kier alpha value is -1.14. The fourth-order valence-corrected chi connectivity index (χ4v) is 3.88. The molecule has 6 heteroatoms. The molecule has 0 aromatic heterocycles. The van der Waals surface area contributed by atoms with Crippen LogP contribution in [0, 0.1) is 17.2 Å². The van der Waals surface area contributed by atoms with E-state index < -0.39 is 15.8 Å². The first-order chi connectivity index (χ1) is 8.93. The molecule has 0 amide bonds.